The molecule has 0 fully saturated rings. The summed E-state index contributed by atoms with van der Waals surface area (Å²) in [5, 5.41) is 9.49. The van der Waals surface area contributed by atoms with Crippen LogP contribution in [-0.4, -0.2) is 45.7 Å². The molecule has 2 aromatic heterocycles. The highest BCUT2D eigenvalue weighted by molar-refractivity contribution is 5.97. The number of carbonyl (C=O) groups excluding carboxylic acids is 1. The Bertz CT molecular complexity index is 1670. The molecule has 0 bridgehead atoms. The monoisotopic (exact) mass is 531 g/mol. The molecule has 0 saturated carbocycles. The third-order valence-corrected chi connectivity index (χ3v) is 7.05. The maximum absolute atomic E-state index is 13.4. The van der Waals surface area contributed by atoms with Crippen molar-refractivity contribution in [2.45, 2.75) is 25.1 Å². The molecule has 3 aromatic carbocycles. The summed E-state index contributed by atoms with van der Waals surface area (Å²) in [5.41, 5.74) is 5.09. The van der Waals surface area contributed by atoms with E-state index in [0.29, 0.717) is 35.4 Å². The predicted molar refractivity (Wildman–Crippen MR) is 142 cm³/mol. The van der Waals surface area contributed by atoms with E-state index in [-0.39, 0.29) is 5.69 Å². The number of anilines is 1. The predicted octanol–water partition coefficient (Wildman–Crippen LogP) is 6.18. The van der Waals surface area contributed by atoms with Crippen LogP contribution in [0.25, 0.3) is 33.3 Å². The zero-order valence-electron chi connectivity index (χ0n) is 20.9. The molecular formula is C29H24F3N5O2. The lowest BCUT2D eigenvalue weighted by atomic mass is 10.0. The zero-order valence-corrected chi connectivity index (χ0v) is 20.9. The number of carbonyl (C=O) groups is 1. The lowest BCUT2D eigenvalue weighted by molar-refractivity contribution is -0.134. The van der Waals surface area contributed by atoms with E-state index >= 15 is 0 Å². The first-order chi connectivity index (χ1) is 18.8. The van der Waals surface area contributed by atoms with Gasteiger partial charge in [-0.1, -0.05) is 35.5 Å². The standard InChI is InChI=1S/C29H24F3N5O2/c1-39-27-15-20(6-9-22(27)19-7-10-23-21(14-19)12-13-33-23)24-16-37(35-34-24)26-11-8-18-4-2-3-5-25(18)36(28(26)38)17-29(30,31)32/h2-7,9-10,12-16,26,33H,8,11,17H2,1H3. The molecule has 0 aliphatic carbocycles. The minimum Gasteiger partial charge on any atom is -0.496 e. The van der Waals surface area contributed by atoms with Crippen LogP contribution in [-0.2, 0) is 11.2 Å². The van der Waals surface area contributed by atoms with Crippen molar-refractivity contribution in [3.63, 3.8) is 0 Å². The smallest absolute Gasteiger partial charge is 0.406 e. The number of aromatic amines is 1. The summed E-state index contributed by atoms with van der Waals surface area (Å²) in [7, 11) is 1.59. The van der Waals surface area contributed by atoms with Gasteiger partial charge in [-0.25, -0.2) is 4.68 Å². The van der Waals surface area contributed by atoms with Crippen LogP contribution in [0.2, 0.25) is 0 Å². The molecule has 6 rings (SSSR count). The third-order valence-electron chi connectivity index (χ3n) is 7.05. The van der Waals surface area contributed by atoms with E-state index in [2.05, 4.69) is 21.4 Å². The van der Waals surface area contributed by atoms with Crippen LogP contribution in [0.5, 0.6) is 5.75 Å². The molecule has 1 atom stereocenters. The average molecular weight is 532 g/mol. The number of aryl methyl sites for hydroxylation is 1. The topological polar surface area (TPSA) is 76.0 Å². The summed E-state index contributed by atoms with van der Waals surface area (Å²) in [6, 6.07) is 19.5. The lowest BCUT2D eigenvalue weighted by Crippen LogP contribution is -2.42. The van der Waals surface area contributed by atoms with Crippen molar-refractivity contribution < 1.29 is 22.7 Å². The fourth-order valence-corrected chi connectivity index (χ4v) is 5.16. The van der Waals surface area contributed by atoms with Gasteiger partial charge < -0.3 is 14.6 Å². The SMILES string of the molecule is COc1cc(-c2cn(C3CCc4ccccc4N(CC(F)(F)F)C3=O)nn2)ccc1-c1ccc2[nH]ccc2c1. The molecule has 10 heteroatoms. The lowest BCUT2D eigenvalue weighted by Gasteiger charge is -2.26. The van der Waals surface area contributed by atoms with E-state index in [9.17, 15) is 18.0 Å². The number of alkyl halides is 3. The number of fused-ring (bicyclic) bond motifs is 2. The second-order valence-electron chi connectivity index (χ2n) is 9.50. The molecule has 198 valence electrons. The summed E-state index contributed by atoms with van der Waals surface area (Å²) >= 11 is 0. The van der Waals surface area contributed by atoms with Gasteiger partial charge in [0.25, 0.3) is 5.91 Å². The van der Waals surface area contributed by atoms with E-state index in [1.807, 2.05) is 42.6 Å². The molecule has 5 aromatic rings. The van der Waals surface area contributed by atoms with Crippen LogP contribution in [0.4, 0.5) is 18.9 Å². The van der Waals surface area contributed by atoms with E-state index < -0.39 is 24.7 Å². The Balaban J connectivity index is 1.31. The van der Waals surface area contributed by atoms with Crippen molar-refractivity contribution in [3.8, 4) is 28.1 Å². The Morgan fingerprint density at radius 1 is 1.05 bits per heavy atom. The number of benzene rings is 3. The highest BCUT2D eigenvalue weighted by Crippen LogP contribution is 2.36. The van der Waals surface area contributed by atoms with E-state index in [1.54, 1.807) is 37.6 Å². The van der Waals surface area contributed by atoms with E-state index in [1.165, 1.54) is 4.68 Å². The molecule has 7 nitrogen and oxygen atoms in total. The number of amides is 1. The number of H-pyrrole nitrogens is 1. The highest BCUT2D eigenvalue weighted by atomic mass is 19.4. The fourth-order valence-electron chi connectivity index (χ4n) is 5.16. The van der Waals surface area contributed by atoms with Gasteiger partial charge in [-0.05, 0) is 65.8 Å². The van der Waals surface area contributed by atoms with Crippen molar-refractivity contribution in [3.05, 3.63) is 84.7 Å². The quantitative estimate of drug-likeness (QED) is 0.294. The molecule has 39 heavy (non-hydrogen) atoms. The molecule has 1 N–H and O–H groups in total. The minimum absolute atomic E-state index is 0.279. The number of aromatic nitrogens is 4. The summed E-state index contributed by atoms with van der Waals surface area (Å²) < 4.78 is 47.4. The van der Waals surface area contributed by atoms with Gasteiger partial charge in [-0.2, -0.15) is 13.2 Å². The van der Waals surface area contributed by atoms with Crippen molar-refractivity contribution in [1.29, 1.82) is 0 Å². The molecule has 0 saturated heterocycles. The van der Waals surface area contributed by atoms with Crippen molar-refractivity contribution in [2.75, 3.05) is 18.6 Å². The number of nitrogens with one attached hydrogen (secondary N) is 1. The second-order valence-corrected chi connectivity index (χ2v) is 9.50. The Kier molecular flexibility index (Phi) is 6.09. The normalized spacial score (nSPS) is 15.8. The van der Waals surface area contributed by atoms with Gasteiger partial charge in [0.15, 0.2) is 0 Å². The number of ether oxygens (including phenoxy) is 1. The van der Waals surface area contributed by atoms with Gasteiger partial charge in [-0.15, -0.1) is 5.10 Å². The van der Waals surface area contributed by atoms with Gasteiger partial charge in [0, 0.05) is 28.5 Å². The van der Waals surface area contributed by atoms with Crippen LogP contribution in [0.1, 0.15) is 18.0 Å². The maximum atomic E-state index is 13.4. The largest absolute Gasteiger partial charge is 0.496 e. The number of nitrogens with zero attached hydrogens (tertiary/aromatic N) is 4. The van der Waals surface area contributed by atoms with Gasteiger partial charge in [0.05, 0.1) is 13.3 Å². The van der Waals surface area contributed by atoms with Crippen LogP contribution in [0, 0.1) is 0 Å². The van der Waals surface area contributed by atoms with Gasteiger partial charge in [0.2, 0.25) is 0 Å². The van der Waals surface area contributed by atoms with Crippen LogP contribution >= 0.6 is 0 Å². The summed E-state index contributed by atoms with van der Waals surface area (Å²) in [6.45, 7) is -1.37. The first-order valence-electron chi connectivity index (χ1n) is 12.4. The molecule has 1 aliphatic heterocycles. The summed E-state index contributed by atoms with van der Waals surface area (Å²) in [6.07, 6.45) is -0.320. The van der Waals surface area contributed by atoms with Gasteiger partial charge in [0.1, 0.15) is 24.0 Å². The fraction of sp³-hybridized carbons (Fsp3) is 0.207. The van der Waals surface area contributed by atoms with Gasteiger partial charge in [-0.3, -0.25) is 4.79 Å². The molecule has 3 heterocycles. The highest BCUT2D eigenvalue weighted by Gasteiger charge is 2.39. The van der Waals surface area contributed by atoms with Crippen molar-refractivity contribution >= 4 is 22.5 Å². The first-order valence-corrected chi connectivity index (χ1v) is 12.4. The molecular weight excluding hydrogens is 507 g/mol. The van der Waals surface area contributed by atoms with Crippen molar-refractivity contribution in [2.24, 2.45) is 0 Å². The van der Waals surface area contributed by atoms with Crippen LogP contribution in [0.15, 0.2) is 79.1 Å². The second kappa shape index (κ2) is 9.61. The number of hydrogen-bond acceptors (Lipinski definition) is 4. The Morgan fingerprint density at radius 3 is 2.69 bits per heavy atom. The van der Waals surface area contributed by atoms with Crippen molar-refractivity contribution in [1.82, 2.24) is 20.0 Å². The Hall–Kier alpha value is -4.60. The van der Waals surface area contributed by atoms with E-state index in [4.69, 9.17) is 4.74 Å². The Morgan fingerprint density at radius 2 is 1.87 bits per heavy atom. The molecule has 1 aliphatic rings. The van der Waals surface area contributed by atoms with Gasteiger partial charge >= 0.3 is 6.18 Å². The molecule has 0 radical (unpaired) electrons. The van der Waals surface area contributed by atoms with Crippen LogP contribution < -0.4 is 9.64 Å². The molecule has 1 unspecified atom stereocenters. The zero-order chi connectivity index (χ0) is 27.1. The third kappa shape index (κ3) is 4.73. The number of para-hydroxylation sites is 1. The number of halogens is 3. The minimum atomic E-state index is -4.55. The Labute approximate surface area is 221 Å². The summed E-state index contributed by atoms with van der Waals surface area (Å²) in [4.78, 5) is 17.4. The number of rotatable bonds is 5. The van der Waals surface area contributed by atoms with Crippen LogP contribution in [0.3, 0.4) is 0 Å². The number of methoxy groups -OCH3 is 1. The first kappa shape index (κ1) is 24.7. The van der Waals surface area contributed by atoms with E-state index in [0.717, 1.165) is 26.9 Å². The maximum Gasteiger partial charge on any atom is 0.406 e. The average Bonchev–Trinajstić information content (AvgIpc) is 3.58. The molecule has 1 amide bonds. The number of hydrogen-bond donors (Lipinski definition) is 1. The summed E-state index contributed by atoms with van der Waals surface area (Å²) in [5.74, 6) is -0.0314. The molecule has 0 spiro atoms.